The normalized spacial score (nSPS) is 13.4. The first-order valence-corrected chi connectivity index (χ1v) is 4.56. The molecule has 0 fully saturated rings. The van der Waals surface area contributed by atoms with E-state index in [4.69, 9.17) is 5.11 Å². The Morgan fingerprint density at radius 2 is 2.14 bits per heavy atom. The van der Waals surface area contributed by atoms with Gasteiger partial charge in [-0.15, -0.1) is 0 Å². The van der Waals surface area contributed by atoms with Gasteiger partial charge < -0.3 is 14.8 Å². The molecule has 0 aliphatic rings. The monoisotopic (exact) mass is 191 g/mol. The highest BCUT2D eigenvalue weighted by atomic mass is 16.3. The van der Waals surface area contributed by atoms with Gasteiger partial charge in [-0.2, -0.15) is 0 Å². The van der Waals surface area contributed by atoms with Gasteiger partial charge in [-0.05, 0) is 23.1 Å². The highest BCUT2D eigenvalue weighted by molar-refractivity contribution is 5.80. The fourth-order valence-electron chi connectivity index (χ4n) is 1.59. The van der Waals surface area contributed by atoms with Gasteiger partial charge in [0, 0.05) is 18.8 Å². The summed E-state index contributed by atoms with van der Waals surface area (Å²) in [6.45, 7) is -0.240. The van der Waals surface area contributed by atoms with Crippen molar-refractivity contribution in [2.45, 2.75) is 6.10 Å². The molecule has 0 amide bonds. The maximum atomic E-state index is 9.46. The van der Waals surface area contributed by atoms with E-state index in [1.54, 1.807) is 0 Å². The minimum Gasteiger partial charge on any atom is -0.393 e. The van der Waals surface area contributed by atoms with Crippen molar-refractivity contribution < 1.29 is 10.2 Å². The molecule has 0 saturated carbocycles. The largest absolute Gasteiger partial charge is 0.393 e. The minimum absolute atomic E-state index is 0.240. The highest BCUT2D eigenvalue weighted by Gasteiger charge is 2.07. The molecule has 0 aliphatic heterocycles. The zero-order chi connectivity index (χ0) is 10.1. The number of rotatable bonds is 2. The molecule has 14 heavy (non-hydrogen) atoms. The van der Waals surface area contributed by atoms with Gasteiger partial charge in [0.25, 0.3) is 0 Å². The molecule has 3 nitrogen and oxygen atoms in total. The van der Waals surface area contributed by atoms with Gasteiger partial charge in [0.1, 0.15) is 6.10 Å². The number of hydrogen-bond donors (Lipinski definition) is 2. The Kier molecular flexibility index (Phi) is 2.27. The average Bonchev–Trinajstić information content (AvgIpc) is 2.59. The zero-order valence-corrected chi connectivity index (χ0v) is 8.01. The summed E-state index contributed by atoms with van der Waals surface area (Å²) in [6, 6.07) is 7.70. The lowest BCUT2D eigenvalue weighted by Crippen LogP contribution is -2.02. The first-order chi connectivity index (χ1) is 6.72. The minimum atomic E-state index is -0.783. The van der Waals surface area contributed by atoms with Crippen LogP contribution in [0.3, 0.4) is 0 Å². The summed E-state index contributed by atoms with van der Waals surface area (Å²) in [5.74, 6) is 0. The second-order valence-corrected chi connectivity index (χ2v) is 3.44. The lowest BCUT2D eigenvalue weighted by atomic mass is 10.1. The maximum absolute atomic E-state index is 9.46. The van der Waals surface area contributed by atoms with Gasteiger partial charge in [-0.3, -0.25) is 0 Å². The van der Waals surface area contributed by atoms with Crippen molar-refractivity contribution in [1.29, 1.82) is 0 Å². The van der Waals surface area contributed by atoms with Crippen LogP contribution >= 0.6 is 0 Å². The van der Waals surface area contributed by atoms with Gasteiger partial charge in [-0.25, -0.2) is 0 Å². The van der Waals surface area contributed by atoms with E-state index < -0.39 is 6.10 Å². The lowest BCUT2D eigenvalue weighted by Gasteiger charge is -2.07. The van der Waals surface area contributed by atoms with Crippen LogP contribution in [-0.2, 0) is 7.05 Å². The van der Waals surface area contributed by atoms with Crippen LogP contribution in [0, 0.1) is 0 Å². The van der Waals surface area contributed by atoms with Gasteiger partial charge in [-0.1, -0.05) is 12.1 Å². The van der Waals surface area contributed by atoms with Gasteiger partial charge in [0.2, 0.25) is 0 Å². The molecule has 2 rings (SSSR count). The predicted molar refractivity (Wildman–Crippen MR) is 55.0 cm³/mol. The molecule has 1 unspecified atom stereocenters. The summed E-state index contributed by atoms with van der Waals surface area (Å²) in [7, 11) is 1.96. The smallest absolute Gasteiger partial charge is 0.102 e. The number of hydrogen-bond acceptors (Lipinski definition) is 2. The third kappa shape index (κ3) is 1.41. The van der Waals surface area contributed by atoms with Gasteiger partial charge in [0.05, 0.1) is 6.61 Å². The molecule has 1 aromatic carbocycles. The van der Waals surface area contributed by atoms with Crippen molar-refractivity contribution in [3.8, 4) is 0 Å². The molecule has 0 radical (unpaired) electrons. The molecular formula is C11H13NO2. The molecular weight excluding hydrogens is 178 g/mol. The molecule has 74 valence electrons. The Hall–Kier alpha value is -1.32. The quantitative estimate of drug-likeness (QED) is 0.749. The fraction of sp³-hybridized carbons (Fsp3) is 0.273. The van der Waals surface area contributed by atoms with Crippen molar-refractivity contribution in [3.63, 3.8) is 0 Å². The first kappa shape index (κ1) is 9.24. The standard InChI is InChI=1S/C11H13NO2/c1-12-5-4-8-2-3-9(6-10(8)12)11(14)7-13/h2-6,11,13-14H,7H2,1H3. The van der Waals surface area contributed by atoms with Crippen LogP contribution < -0.4 is 0 Å². The fourth-order valence-corrected chi connectivity index (χ4v) is 1.59. The Morgan fingerprint density at radius 1 is 1.36 bits per heavy atom. The van der Waals surface area contributed by atoms with E-state index in [-0.39, 0.29) is 6.61 Å². The Bertz CT molecular complexity index is 447. The van der Waals surface area contributed by atoms with Crippen LogP contribution in [0.5, 0.6) is 0 Å². The van der Waals surface area contributed by atoms with Crippen molar-refractivity contribution in [2.24, 2.45) is 7.05 Å². The number of aromatic nitrogens is 1. The molecule has 2 N–H and O–H groups in total. The Labute approximate surface area is 82.2 Å². The summed E-state index contributed by atoms with van der Waals surface area (Å²) in [5, 5.41) is 19.4. The number of benzene rings is 1. The van der Waals surface area contributed by atoms with E-state index in [2.05, 4.69) is 0 Å². The van der Waals surface area contributed by atoms with Gasteiger partial charge >= 0.3 is 0 Å². The Balaban J connectivity index is 2.54. The second-order valence-electron chi connectivity index (χ2n) is 3.44. The van der Waals surface area contributed by atoms with Crippen LogP contribution in [0.15, 0.2) is 30.5 Å². The molecule has 1 heterocycles. The SMILES string of the molecule is Cn1ccc2ccc(C(O)CO)cc21. The molecule has 1 aromatic heterocycles. The molecule has 1 atom stereocenters. The van der Waals surface area contributed by atoms with Crippen molar-refractivity contribution in [1.82, 2.24) is 4.57 Å². The van der Waals surface area contributed by atoms with Crippen LogP contribution in [0.25, 0.3) is 10.9 Å². The van der Waals surface area contributed by atoms with Crippen LogP contribution in [0.4, 0.5) is 0 Å². The zero-order valence-electron chi connectivity index (χ0n) is 8.01. The van der Waals surface area contributed by atoms with Crippen molar-refractivity contribution >= 4 is 10.9 Å². The van der Waals surface area contributed by atoms with E-state index in [0.29, 0.717) is 0 Å². The third-order valence-corrected chi connectivity index (χ3v) is 2.47. The van der Waals surface area contributed by atoms with E-state index in [1.165, 1.54) is 0 Å². The van der Waals surface area contributed by atoms with E-state index in [0.717, 1.165) is 16.5 Å². The number of nitrogens with zero attached hydrogens (tertiary/aromatic N) is 1. The molecule has 0 bridgehead atoms. The van der Waals surface area contributed by atoms with Crippen LogP contribution in [0.2, 0.25) is 0 Å². The summed E-state index contributed by atoms with van der Waals surface area (Å²) in [6.07, 6.45) is 1.19. The molecule has 0 spiro atoms. The van der Waals surface area contributed by atoms with Crippen LogP contribution in [0.1, 0.15) is 11.7 Å². The van der Waals surface area contributed by atoms with E-state index >= 15 is 0 Å². The van der Waals surface area contributed by atoms with E-state index in [1.807, 2.05) is 42.1 Å². The summed E-state index contributed by atoms with van der Waals surface area (Å²) >= 11 is 0. The number of aliphatic hydroxyl groups excluding tert-OH is 2. The second kappa shape index (κ2) is 3.44. The van der Waals surface area contributed by atoms with Crippen molar-refractivity contribution in [3.05, 3.63) is 36.0 Å². The molecule has 0 saturated heterocycles. The molecule has 2 aromatic rings. The topological polar surface area (TPSA) is 45.4 Å². The van der Waals surface area contributed by atoms with E-state index in [9.17, 15) is 5.11 Å². The average molecular weight is 191 g/mol. The maximum Gasteiger partial charge on any atom is 0.102 e. The number of aryl methyl sites for hydroxylation is 1. The highest BCUT2D eigenvalue weighted by Crippen LogP contribution is 2.20. The Morgan fingerprint density at radius 3 is 2.86 bits per heavy atom. The molecule has 3 heteroatoms. The van der Waals surface area contributed by atoms with Crippen LogP contribution in [-0.4, -0.2) is 21.4 Å². The summed E-state index contributed by atoms with van der Waals surface area (Å²) in [5.41, 5.74) is 1.82. The van der Waals surface area contributed by atoms with Gasteiger partial charge in [0.15, 0.2) is 0 Å². The lowest BCUT2D eigenvalue weighted by molar-refractivity contribution is 0.0957. The number of fused-ring (bicyclic) bond motifs is 1. The predicted octanol–water partition coefficient (Wildman–Crippen LogP) is 1.20. The first-order valence-electron chi connectivity index (χ1n) is 4.56. The summed E-state index contributed by atoms with van der Waals surface area (Å²) < 4.78 is 1.99. The van der Waals surface area contributed by atoms with Crippen molar-refractivity contribution in [2.75, 3.05) is 6.61 Å². The third-order valence-electron chi connectivity index (χ3n) is 2.47. The molecule has 0 aliphatic carbocycles. The number of aliphatic hydroxyl groups is 2. The summed E-state index contributed by atoms with van der Waals surface area (Å²) in [4.78, 5) is 0.